The molecule has 0 heterocycles. The largest absolute Gasteiger partial charge is 0.254 e. The van der Waals surface area contributed by atoms with Crippen LogP contribution in [-0.2, 0) is 21.6 Å². The maximum Gasteiger partial charge on any atom is 0.0567 e. The molecule has 20 heavy (non-hydrogen) atoms. The molecule has 2 aromatic rings. The molecule has 0 fully saturated rings. The van der Waals surface area contributed by atoms with E-state index >= 15 is 0 Å². The lowest BCUT2D eigenvalue weighted by Gasteiger charge is -1.99. The summed E-state index contributed by atoms with van der Waals surface area (Å²) in [4.78, 5) is 1.64. The Balaban J connectivity index is 1.83. The summed E-state index contributed by atoms with van der Waals surface area (Å²) >= 11 is 0. The van der Waals surface area contributed by atoms with Gasteiger partial charge in [-0.15, -0.1) is 0 Å². The third kappa shape index (κ3) is 4.54. The Morgan fingerprint density at radius 2 is 1.00 bits per heavy atom. The van der Waals surface area contributed by atoms with Gasteiger partial charge in [0.05, 0.1) is 21.6 Å². The molecule has 2 nitrogen and oxygen atoms in total. The Kier molecular flexibility index (Phi) is 5.89. The molecular weight excluding hydrogens is 288 g/mol. The van der Waals surface area contributed by atoms with Crippen LogP contribution in [0.1, 0.15) is 0 Å². The molecule has 2 atom stereocenters. The van der Waals surface area contributed by atoms with Crippen LogP contribution in [0.3, 0.4) is 0 Å². The van der Waals surface area contributed by atoms with Crippen LogP contribution in [0.2, 0.25) is 0 Å². The van der Waals surface area contributed by atoms with Crippen molar-refractivity contribution in [2.45, 2.75) is 9.79 Å². The van der Waals surface area contributed by atoms with Crippen molar-refractivity contribution in [1.29, 1.82) is 0 Å². The summed E-state index contributed by atoms with van der Waals surface area (Å²) in [6, 6.07) is 18.7. The average Bonchev–Trinajstić information content (AvgIpc) is 2.53. The van der Waals surface area contributed by atoms with Gasteiger partial charge in [0.2, 0.25) is 0 Å². The van der Waals surface area contributed by atoms with Gasteiger partial charge in [0.25, 0.3) is 0 Å². The van der Waals surface area contributed by atoms with Crippen LogP contribution in [0.25, 0.3) is 0 Å². The van der Waals surface area contributed by atoms with Gasteiger partial charge in [-0.25, -0.2) is 0 Å². The van der Waals surface area contributed by atoms with E-state index in [-0.39, 0.29) is 0 Å². The van der Waals surface area contributed by atoms with E-state index in [4.69, 9.17) is 0 Å². The van der Waals surface area contributed by atoms with E-state index < -0.39 is 21.6 Å². The Bertz CT molecular complexity index is 551. The standard InChI is InChI=1S/C16H16O2S2/c17-19(15-9-3-1-4-10-15)13-7-8-14-20(18)16-11-5-2-6-12-16/h1-12H,13-14H2/b8-7+/t19-,20-/m1/s1. The van der Waals surface area contributed by atoms with Gasteiger partial charge in [-0.05, 0) is 24.3 Å². The van der Waals surface area contributed by atoms with E-state index in [9.17, 15) is 8.42 Å². The first-order valence-electron chi connectivity index (χ1n) is 6.29. The highest BCUT2D eigenvalue weighted by molar-refractivity contribution is 7.85. The number of rotatable bonds is 6. The molecule has 0 unspecified atom stereocenters. The summed E-state index contributed by atoms with van der Waals surface area (Å²) < 4.78 is 23.9. The van der Waals surface area contributed by atoms with Gasteiger partial charge in [-0.3, -0.25) is 8.42 Å². The first-order chi connectivity index (χ1) is 9.77. The van der Waals surface area contributed by atoms with Crippen LogP contribution >= 0.6 is 0 Å². The van der Waals surface area contributed by atoms with E-state index in [0.29, 0.717) is 11.5 Å². The highest BCUT2D eigenvalue weighted by Crippen LogP contribution is 2.07. The summed E-state index contributed by atoms with van der Waals surface area (Å²) in [7, 11) is -2.06. The first kappa shape index (κ1) is 14.9. The molecule has 0 aliphatic rings. The molecule has 0 saturated heterocycles. The van der Waals surface area contributed by atoms with Gasteiger partial charge in [-0.2, -0.15) is 0 Å². The van der Waals surface area contributed by atoms with Crippen molar-refractivity contribution >= 4 is 21.6 Å². The zero-order valence-corrected chi connectivity index (χ0v) is 12.6. The SMILES string of the molecule is O=[S@](C/C=C/C[S@@](=O)c1ccccc1)c1ccccc1. The molecule has 0 spiro atoms. The normalized spacial score (nSPS) is 14.2. The average molecular weight is 304 g/mol. The van der Waals surface area contributed by atoms with Gasteiger partial charge in [-0.1, -0.05) is 48.6 Å². The monoisotopic (exact) mass is 304 g/mol. The molecule has 0 saturated carbocycles. The fourth-order valence-electron chi connectivity index (χ4n) is 1.65. The van der Waals surface area contributed by atoms with Crippen LogP contribution in [-0.4, -0.2) is 19.9 Å². The fraction of sp³-hybridized carbons (Fsp3) is 0.125. The smallest absolute Gasteiger partial charge is 0.0567 e. The highest BCUT2D eigenvalue weighted by Gasteiger charge is 2.01. The maximum absolute atomic E-state index is 11.9. The molecule has 0 amide bonds. The third-order valence-electron chi connectivity index (χ3n) is 2.67. The topological polar surface area (TPSA) is 34.1 Å². The van der Waals surface area contributed by atoms with Crippen LogP contribution < -0.4 is 0 Å². The minimum absolute atomic E-state index is 0.454. The molecule has 0 N–H and O–H groups in total. The third-order valence-corrected chi connectivity index (χ3v) is 5.26. The minimum atomic E-state index is -1.03. The van der Waals surface area contributed by atoms with Crippen LogP contribution in [0.4, 0.5) is 0 Å². The second-order valence-electron chi connectivity index (χ2n) is 4.12. The molecule has 0 aromatic heterocycles. The molecule has 0 radical (unpaired) electrons. The predicted octanol–water partition coefficient (Wildman–Crippen LogP) is 3.16. The van der Waals surface area contributed by atoms with E-state index in [0.717, 1.165) is 9.79 Å². The molecule has 2 rings (SSSR count). The Labute approximate surface area is 124 Å². The lowest BCUT2D eigenvalue weighted by atomic mass is 10.4. The molecule has 0 bridgehead atoms. The number of benzene rings is 2. The predicted molar refractivity (Wildman–Crippen MR) is 84.6 cm³/mol. The Hall–Kier alpha value is -1.52. The molecule has 4 heteroatoms. The van der Waals surface area contributed by atoms with Gasteiger partial charge in [0, 0.05) is 21.3 Å². The zero-order chi connectivity index (χ0) is 14.2. The van der Waals surface area contributed by atoms with Gasteiger partial charge in [0.15, 0.2) is 0 Å². The molecule has 104 valence electrons. The van der Waals surface area contributed by atoms with Crippen molar-refractivity contribution in [1.82, 2.24) is 0 Å². The molecule has 0 aliphatic carbocycles. The van der Waals surface area contributed by atoms with Gasteiger partial charge < -0.3 is 0 Å². The second-order valence-corrected chi connectivity index (χ2v) is 7.11. The zero-order valence-electron chi connectivity index (χ0n) is 11.0. The summed E-state index contributed by atoms with van der Waals surface area (Å²) in [5.41, 5.74) is 0. The van der Waals surface area contributed by atoms with Crippen molar-refractivity contribution in [2.75, 3.05) is 11.5 Å². The Morgan fingerprint density at radius 3 is 1.35 bits per heavy atom. The molecule has 2 aromatic carbocycles. The quantitative estimate of drug-likeness (QED) is 0.768. The van der Waals surface area contributed by atoms with Crippen LogP contribution in [0.15, 0.2) is 82.6 Å². The maximum atomic E-state index is 11.9. The first-order valence-corrected chi connectivity index (χ1v) is 8.93. The lowest BCUT2D eigenvalue weighted by Crippen LogP contribution is -1.97. The Morgan fingerprint density at radius 1 is 0.650 bits per heavy atom. The summed E-state index contributed by atoms with van der Waals surface area (Å²) in [5, 5.41) is 0. The van der Waals surface area contributed by atoms with E-state index in [2.05, 4.69) is 0 Å². The lowest BCUT2D eigenvalue weighted by molar-refractivity contribution is 0.683. The summed E-state index contributed by atoms with van der Waals surface area (Å²) in [6.45, 7) is 0. The molecule has 0 aliphatic heterocycles. The summed E-state index contributed by atoms with van der Waals surface area (Å²) in [6.07, 6.45) is 3.67. The van der Waals surface area contributed by atoms with E-state index in [1.165, 1.54) is 0 Å². The molecular formula is C16H16O2S2. The van der Waals surface area contributed by atoms with Gasteiger partial charge in [0.1, 0.15) is 0 Å². The minimum Gasteiger partial charge on any atom is -0.254 e. The van der Waals surface area contributed by atoms with Crippen molar-refractivity contribution in [3.63, 3.8) is 0 Å². The number of hydrogen-bond donors (Lipinski definition) is 0. The van der Waals surface area contributed by atoms with Gasteiger partial charge >= 0.3 is 0 Å². The van der Waals surface area contributed by atoms with E-state index in [1.807, 2.05) is 72.8 Å². The van der Waals surface area contributed by atoms with Crippen molar-refractivity contribution in [3.05, 3.63) is 72.8 Å². The fourth-order valence-corrected chi connectivity index (χ4v) is 3.58. The van der Waals surface area contributed by atoms with Crippen LogP contribution in [0.5, 0.6) is 0 Å². The van der Waals surface area contributed by atoms with Crippen LogP contribution in [0, 0.1) is 0 Å². The van der Waals surface area contributed by atoms with Crippen molar-refractivity contribution in [3.8, 4) is 0 Å². The van der Waals surface area contributed by atoms with Crippen molar-refractivity contribution < 1.29 is 8.42 Å². The van der Waals surface area contributed by atoms with E-state index in [1.54, 1.807) is 0 Å². The van der Waals surface area contributed by atoms with Crippen molar-refractivity contribution in [2.24, 2.45) is 0 Å². The number of hydrogen-bond acceptors (Lipinski definition) is 2. The highest BCUT2D eigenvalue weighted by atomic mass is 32.2. The second kappa shape index (κ2) is 7.92. The summed E-state index contributed by atoms with van der Waals surface area (Å²) in [5.74, 6) is 0.909.